The normalized spacial score (nSPS) is 13.2. The Balaban J connectivity index is 1.81. The van der Waals surface area contributed by atoms with Crippen molar-refractivity contribution >= 4 is 5.69 Å². The van der Waals surface area contributed by atoms with Gasteiger partial charge in [-0.1, -0.05) is 30.3 Å². The fraction of sp³-hybridized carbons (Fsp3) is 0.308. The summed E-state index contributed by atoms with van der Waals surface area (Å²) in [5.74, 6) is -1.07. The van der Waals surface area contributed by atoms with Crippen molar-refractivity contribution in [2.75, 3.05) is 11.4 Å². The van der Waals surface area contributed by atoms with Crippen LogP contribution in [0.1, 0.15) is 11.1 Å². The number of aliphatic hydroxyl groups excluding tert-OH is 1. The van der Waals surface area contributed by atoms with Gasteiger partial charge in [0.1, 0.15) is 23.9 Å². The lowest BCUT2D eigenvalue weighted by molar-refractivity contribution is -0.274. The van der Waals surface area contributed by atoms with E-state index in [4.69, 9.17) is 4.74 Å². The summed E-state index contributed by atoms with van der Waals surface area (Å²) < 4.78 is 142. The largest absolute Gasteiger partial charge is 0.573 e. The van der Waals surface area contributed by atoms with E-state index in [1.54, 1.807) is 0 Å². The molecule has 0 fully saturated rings. The molecule has 15 heteroatoms. The molecule has 0 heterocycles. The summed E-state index contributed by atoms with van der Waals surface area (Å²) in [6.07, 6.45) is -21.7. The quantitative estimate of drug-likeness (QED) is 0.221. The van der Waals surface area contributed by atoms with Crippen LogP contribution in [0.3, 0.4) is 0 Å². The van der Waals surface area contributed by atoms with Gasteiger partial charge in [-0.3, -0.25) is 0 Å². The zero-order valence-electron chi connectivity index (χ0n) is 20.6. The zero-order valence-corrected chi connectivity index (χ0v) is 20.6. The van der Waals surface area contributed by atoms with Crippen molar-refractivity contribution in [3.63, 3.8) is 0 Å². The van der Waals surface area contributed by atoms with Crippen molar-refractivity contribution in [3.05, 3.63) is 83.9 Å². The Hall–Kier alpha value is -3.88. The first-order valence-corrected chi connectivity index (χ1v) is 11.5. The number of nitrogens with zero attached hydrogens (tertiary/aromatic N) is 1. The maximum absolute atomic E-state index is 13.3. The van der Waals surface area contributed by atoms with E-state index in [0.29, 0.717) is 0 Å². The van der Waals surface area contributed by atoms with E-state index in [2.05, 4.69) is 9.47 Å². The first-order chi connectivity index (χ1) is 19.0. The molecule has 0 amide bonds. The summed E-state index contributed by atoms with van der Waals surface area (Å²) in [4.78, 5) is 1.03. The van der Waals surface area contributed by atoms with E-state index in [1.807, 2.05) is 0 Å². The third kappa shape index (κ3) is 9.92. The predicted octanol–water partition coefficient (Wildman–Crippen LogP) is 7.33. The first kappa shape index (κ1) is 31.6. The predicted molar refractivity (Wildman–Crippen MR) is 125 cm³/mol. The Morgan fingerprint density at radius 1 is 0.707 bits per heavy atom. The van der Waals surface area contributed by atoms with Crippen LogP contribution in [0.4, 0.5) is 49.6 Å². The molecule has 0 aliphatic heterocycles. The fourth-order valence-electron chi connectivity index (χ4n) is 3.47. The molecule has 0 unspecified atom stereocenters. The molecule has 3 aromatic carbocycles. The minimum atomic E-state index is -5.01. The Morgan fingerprint density at radius 3 is 1.88 bits per heavy atom. The van der Waals surface area contributed by atoms with Gasteiger partial charge in [-0.2, -0.15) is 30.7 Å². The second kappa shape index (κ2) is 12.7. The van der Waals surface area contributed by atoms with Gasteiger partial charge in [0.25, 0.3) is 0 Å². The summed E-state index contributed by atoms with van der Waals surface area (Å²) in [6, 6.07) is 14.7. The smallest absolute Gasteiger partial charge is 0.489 e. The standard InChI is InChI=1S/C26H21F10NO4/c27-23(28)25(32,33)40-20-8-1-4-16(10-20)13-37(14-22(38)24(29,30)31)18-6-3-7-19(12-18)39-15-17-5-2-9-21(11-17)41-26(34,35)36/h1-12,22-23,38H,13-15H2/t22-/m1/s1. The number of hydrogen-bond donors (Lipinski definition) is 1. The lowest BCUT2D eigenvalue weighted by atomic mass is 10.1. The fourth-order valence-corrected chi connectivity index (χ4v) is 3.47. The highest BCUT2D eigenvalue weighted by atomic mass is 19.4. The number of aliphatic hydroxyl groups is 1. The molecule has 3 rings (SSSR count). The molecular formula is C26H21F10NO4. The summed E-state index contributed by atoms with van der Waals surface area (Å²) in [6.45, 7) is -1.67. The van der Waals surface area contributed by atoms with Crippen LogP contribution in [-0.4, -0.2) is 42.8 Å². The van der Waals surface area contributed by atoms with E-state index < -0.39 is 55.8 Å². The molecule has 224 valence electrons. The lowest BCUT2D eigenvalue weighted by Gasteiger charge is -2.29. The Labute approximate surface area is 226 Å². The molecule has 0 aliphatic rings. The molecule has 0 aliphatic carbocycles. The summed E-state index contributed by atoms with van der Waals surface area (Å²) in [7, 11) is 0. The highest BCUT2D eigenvalue weighted by Crippen LogP contribution is 2.31. The summed E-state index contributed by atoms with van der Waals surface area (Å²) >= 11 is 0. The van der Waals surface area contributed by atoms with Crippen LogP contribution in [0.2, 0.25) is 0 Å². The molecule has 3 aromatic rings. The van der Waals surface area contributed by atoms with Crippen LogP contribution in [0.5, 0.6) is 17.2 Å². The monoisotopic (exact) mass is 601 g/mol. The van der Waals surface area contributed by atoms with Crippen LogP contribution in [0, 0.1) is 0 Å². The van der Waals surface area contributed by atoms with E-state index in [0.717, 1.165) is 29.2 Å². The SMILES string of the molecule is O[C@H](CN(Cc1cccc(OC(F)(F)C(F)F)c1)c1cccc(OCc2cccc(OC(F)(F)F)c2)c1)C(F)(F)F. The average Bonchev–Trinajstić information content (AvgIpc) is 2.86. The number of hydrogen-bond acceptors (Lipinski definition) is 5. The van der Waals surface area contributed by atoms with Gasteiger partial charge in [0.15, 0.2) is 6.10 Å². The van der Waals surface area contributed by atoms with Crippen molar-refractivity contribution in [2.24, 2.45) is 0 Å². The van der Waals surface area contributed by atoms with Gasteiger partial charge < -0.3 is 24.2 Å². The molecule has 0 bridgehead atoms. The lowest BCUT2D eigenvalue weighted by Crippen LogP contribution is -2.40. The number of halogens is 10. The van der Waals surface area contributed by atoms with Crippen LogP contribution in [0.25, 0.3) is 0 Å². The molecule has 0 spiro atoms. The van der Waals surface area contributed by atoms with Gasteiger partial charge in [-0.15, -0.1) is 13.2 Å². The number of alkyl halides is 10. The minimum Gasteiger partial charge on any atom is -0.489 e. The van der Waals surface area contributed by atoms with Gasteiger partial charge in [0, 0.05) is 18.3 Å². The van der Waals surface area contributed by atoms with E-state index in [9.17, 15) is 49.0 Å². The summed E-state index contributed by atoms with van der Waals surface area (Å²) in [5.41, 5.74) is 0.429. The summed E-state index contributed by atoms with van der Waals surface area (Å²) in [5, 5.41) is 9.69. The van der Waals surface area contributed by atoms with Crippen molar-refractivity contribution < 1.29 is 63.2 Å². The number of benzene rings is 3. The molecule has 0 radical (unpaired) electrons. The van der Waals surface area contributed by atoms with Gasteiger partial charge in [-0.25, -0.2) is 0 Å². The Kier molecular flexibility index (Phi) is 9.84. The van der Waals surface area contributed by atoms with E-state index in [-0.39, 0.29) is 29.2 Å². The molecule has 0 saturated carbocycles. The molecule has 5 nitrogen and oxygen atoms in total. The third-order valence-corrected chi connectivity index (χ3v) is 5.27. The number of anilines is 1. The minimum absolute atomic E-state index is 0.0733. The van der Waals surface area contributed by atoms with Crippen molar-refractivity contribution in [3.8, 4) is 17.2 Å². The zero-order chi connectivity index (χ0) is 30.4. The maximum atomic E-state index is 13.3. The average molecular weight is 601 g/mol. The first-order valence-electron chi connectivity index (χ1n) is 11.5. The number of rotatable bonds is 12. The van der Waals surface area contributed by atoms with Crippen LogP contribution < -0.4 is 19.1 Å². The molecule has 0 saturated heterocycles. The molecule has 1 N–H and O–H groups in total. The van der Waals surface area contributed by atoms with Crippen molar-refractivity contribution in [1.29, 1.82) is 0 Å². The highest BCUT2D eigenvalue weighted by molar-refractivity contribution is 5.52. The molecule has 0 aromatic heterocycles. The number of ether oxygens (including phenoxy) is 3. The Bertz CT molecular complexity index is 1280. The third-order valence-electron chi connectivity index (χ3n) is 5.27. The van der Waals surface area contributed by atoms with E-state index in [1.165, 1.54) is 48.5 Å². The second-order valence-electron chi connectivity index (χ2n) is 8.53. The van der Waals surface area contributed by atoms with Crippen molar-refractivity contribution in [2.45, 2.75) is 44.3 Å². The van der Waals surface area contributed by atoms with Crippen LogP contribution in [-0.2, 0) is 13.2 Å². The molecular weight excluding hydrogens is 580 g/mol. The van der Waals surface area contributed by atoms with E-state index >= 15 is 0 Å². The second-order valence-corrected chi connectivity index (χ2v) is 8.53. The van der Waals surface area contributed by atoms with Crippen LogP contribution >= 0.6 is 0 Å². The van der Waals surface area contributed by atoms with Gasteiger partial charge in [0.2, 0.25) is 0 Å². The molecule has 41 heavy (non-hydrogen) atoms. The van der Waals surface area contributed by atoms with Crippen molar-refractivity contribution in [1.82, 2.24) is 0 Å². The topological polar surface area (TPSA) is 51.2 Å². The van der Waals surface area contributed by atoms with Crippen LogP contribution in [0.15, 0.2) is 72.8 Å². The Morgan fingerprint density at radius 2 is 1.27 bits per heavy atom. The molecule has 1 atom stereocenters. The van der Waals surface area contributed by atoms with Gasteiger partial charge in [0.05, 0.1) is 6.54 Å². The van der Waals surface area contributed by atoms with Gasteiger partial charge >= 0.3 is 25.1 Å². The van der Waals surface area contributed by atoms with Gasteiger partial charge in [-0.05, 0) is 47.5 Å². The maximum Gasteiger partial charge on any atom is 0.573 e. The highest BCUT2D eigenvalue weighted by Gasteiger charge is 2.44.